The molecule has 0 spiro atoms. The molecule has 1 rings (SSSR count). The number of carbonyl (C=O) groups is 3. The molecule has 0 unspecified atom stereocenters. The number of amides is 3. The summed E-state index contributed by atoms with van der Waals surface area (Å²) in [6.07, 6.45) is 0.665. The van der Waals surface area contributed by atoms with E-state index in [-0.39, 0.29) is 24.3 Å². The number of ether oxygens (including phenoxy) is 1. The van der Waals surface area contributed by atoms with E-state index < -0.39 is 6.09 Å². The van der Waals surface area contributed by atoms with Crippen LogP contribution < -0.4 is 15.5 Å². The van der Waals surface area contributed by atoms with Crippen LogP contribution in [0.4, 0.5) is 16.2 Å². The molecule has 7 nitrogen and oxygen atoms in total. The molecule has 2 N–H and O–H groups in total. The van der Waals surface area contributed by atoms with Crippen molar-refractivity contribution in [3.05, 3.63) is 24.3 Å². The third kappa shape index (κ3) is 7.69. The fourth-order valence-corrected chi connectivity index (χ4v) is 2.12. The maximum atomic E-state index is 11.9. The van der Waals surface area contributed by atoms with Gasteiger partial charge in [0.1, 0.15) is 0 Å². The zero-order chi connectivity index (χ0) is 18.8. The Labute approximate surface area is 148 Å². The predicted octanol–water partition coefficient (Wildman–Crippen LogP) is 2.91. The Kier molecular flexibility index (Phi) is 8.46. The molecule has 0 bridgehead atoms. The Bertz CT molecular complexity index is 584. The number of carbonyl (C=O) groups excluding carboxylic acids is 3. The largest absolute Gasteiger partial charge is 0.449 e. The second-order valence-electron chi connectivity index (χ2n) is 5.93. The van der Waals surface area contributed by atoms with Gasteiger partial charge in [-0.15, -0.1) is 0 Å². The van der Waals surface area contributed by atoms with Crippen LogP contribution in [0, 0.1) is 0 Å². The molecule has 25 heavy (non-hydrogen) atoms. The first-order chi connectivity index (χ1) is 11.8. The summed E-state index contributed by atoms with van der Waals surface area (Å²) in [5.41, 5.74) is 1.31. The average Bonchev–Trinajstić information content (AvgIpc) is 2.54. The molecule has 3 amide bonds. The molecule has 1 aromatic carbocycles. The summed E-state index contributed by atoms with van der Waals surface area (Å²) in [4.78, 5) is 36.5. The van der Waals surface area contributed by atoms with Gasteiger partial charge in [0.15, 0.2) is 0 Å². The zero-order valence-corrected chi connectivity index (χ0v) is 15.3. The summed E-state index contributed by atoms with van der Waals surface area (Å²) in [5, 5.41) is 5.56. The molecule has 138 valence electrons. The lowest BCUT2D eigenvalue weighted by atomic mass is 10.2. The van der Waals surface area contributed by atoms with Gasteiger partial charge in [0.2, 0.25) is 11.8 Å². The van der Waals surface area contributed by atoms with Gasteiger partial charge in [-0.05, 0) is 51.5 Å². The van der Waals surface area contributed by atoms with Crippen molar-refractivity contribution in [3.8, 4) is 0 Å². The monoisotopic (exact) mass is 349 g/mol. The van der Waals surface area contributed by atoms with Crippen LogP contribution in [0.25, 0.3) is 0 Å². The topological polar surface area (TPSA) is 87.7 Å². The summed E-state index contributed by atoms with van der Waals surface area (Å²) in [5.74, 6) is -0.196. The Hall–Kier alpha value is -2.57. The number of benzene rings is 1. The van der Waals surface area contributed by atoms with Gasteiger partial charge in [-0.2, -0.15) is 0 Å². The van der Waals surface area contributed by atoms with E-state index >= 15 is 0 Å². The molecule has 0 aliphatic rings. The standard InChI is InChI=1S/C18H27N3O4/c1-5-25-18(24)21(4)15-11-9-14(10-12-15)20-17(23)8-6-7-16(22)19-13(2)3/h9-13H,5-8H2,1-4H3,(H,19,22)(H,20,23). The lowest BCUT2D eigenvalue weighted by molar-refractivity contribution is -0.121. The number of nitrogens with one attached hydrogen (secondary N) is 2. The molecule has 0 heterocycles. The minimum Gasteiger partial charge on any atom is -0.449 e. The molecule has 0 saturated carbocycles. The smallest absolute Gasteiger partial charge is 0.413 e. The summed E-state index contributed by atoms with van der Waals surface area (Å²) >= 11 is 0. The highest BCUT2D eigenvalue weighted by atomic mass is 16.6. The molecule has 7 heteroatoms. The second-order valence-corrected chi connectivity index (χ2v) is 5.93. The van der Waals surface area contributed by atoms with E-state index in [9.17, 15) is 14.4 Å². The highest BCUT2D eigenvalue weighted by Gasteiger charge is 2.12. The molecule has 0 radical (unpaired) electrons. The van der Waals surface area contributed by atoms with Gasteiger partial charge in [0.05, 0.1) is 6.61 Å². The van der Waals surface area contributed by atoms with E-state index in [0.29, 0.717) is 30.8 Å². The van der Waals surface area contributed by atoms with E-state index in [2.05, 4.69) is 10.6 Å². The van der Waals surface area contributed by atoms with Gasteiger partial charge in [-0.25, -0.2) is 4.79 Å². The number of hydrogen-bond donors (Lipinski definition) is 2. The van der Waals surface area contributed by atoms with E-state index in [4.69, 9.17) is 4.74 Å². The maximum Gasteiger partial charge on any atom is 0.413 e. The maximum absolute atomic E-state index is 11.9. The number of anilines is 2. The molecule has 0 aromatic heterocycles. The summed E-state index contributed by atoms with van der Waals surface area (Å²) in [6.45, 7) is 5.85. The third-order valence-electron chi connectivity index (χ3n) is 3.34. The molecule has 0 saturated heterocycles. The molecular weight excluding hydrogens is 322 g/mol. The second kappa shape index (κ2) is 10.3. The van der Waals surface area contributed by atoms with Crippen LogP contribution in [0.2, 0.25) is 0 Å². The van der Waals surface area contributed by atoms with Crippen LogP contribution in [0.1, 0.15) is 40.0 Å². The summed E-state index contributed by atoms with van der Waals surface area (Å²) in [6, 6.07) is 6.99. The highest BCUT2D eigenvalue weighted by molar-refractivity contribution is 5.92. The lowest BCUT2D eigenvalue weighted by Crippen LogP contribution is -2.30. The van der Waals surface area contributed by atoms with Crippen molar-refractivity contribution in [2.24, 2.45) is 0 Å². The summed E-state index contributed by atoms with van der Waals surface area (Å²) < 4.78 is 4.92. The third-order valence-corrected chi connectivity index (χ3v) is 3.34. The molecule has 0 aliphatic carbocycles. The number of rotatable bonds is 8. The zero-order valence-electron chi connectivity index (χ0n) is 15.3. The van der Waals surface area contributed by atoms with E-state index in [1.165, 1.54) is 4.90 Å². The number of nitrogens with zero attached hydrogens (tertiary/aromatic N) is 1. The predicted molar refractivity (Wildman–Crippen MR) is 97.6 cm³/mol. The minimum atomic E-state index is -0.432. The molecule has 0 atom stereocenters. The SMILES string of the molecule is CCOC(=O)N(C)c1ccc(NC(=O)CCCC(=O)NC(C)C)cc1. The molecular formula is C18H27N3O4. The van der Waals surface area contributed by atoms with Crippen molar-refractivity contribution in [2.45, 2.75) is 46.1 Å². The Balaban J connectivity index is 2.43. The van der Waals surface area contributed by atoms with Gasteiger partial charge in [0, 0.05) is 37.3 Å². The quantitative estimate of drug-likeness (QED) is 0.755. The molecule has 0 aliphatic heterocycles. The van der Waals surface area contributed by atoms with E-state index in [1.807, 2.05) is 13.8 Å². The van der Waals surface area contributed by atoms with Gasteiger partial charge in [0.25, 0.3) is 0 Å². The van der Waals surface area contributed by atoms with Crippen LogP contribution in [-0.2, 0) is 14.3 Å². The highest BCUT2D eigenvalue weighted by Crippen LogP contribution is 2.18. The Morgan fingerprint density at radius 1 is 1.08 bits per heavy atom. The average molecular weight is 349 g/mol. The van der Waals surface area contributed by atoms with Crippen LogP contribution in [0.3, 0.4) is 0 Å². The van der Waals surface area contributed by atoms with Crippen LogP contribution in [-0.4, -0.2) is 37.6 Å². The molecule has 1 aromatic rings. The van der Waals surface area contributed by atoms with E-state index in [0.717, 1.165) is 0 Å². The van der Waals surface area contributed by atoms with Gasteiger partial charge in [-0.1, -0.05) is 0 Å². The van der Waals surface area contributed by atoms with Gasteiger partial charge in [-0.3, -0.25) is 14.5 Å². The summed E-state index contributed by atoms with van der Waals surface area (Å²) in [7, 11) is 1.62. The Morgan fingerprint density at radius 2 is 1.68 bits per heavy atom. The van der Waals surface area contributed by atoms with Crippen molar-refractivity contribution >= 4 is 29.3 Å². The minimum absolute atomic E-state index is 0.0471. The van der Waals surface area contributed by atoms with Crippen LogP contribution in [0.5, 0.6) is 0 Å². The van der Waals surface area contributed by atoms with Crippen molar-refractivity contribution < 1.29 is 19.1 Å². The van der Waals surface area contributed by atoms with Gasteiger partial charge < -0.3 is 15.4 Å². The normalized spacial score (nSPS) is 10.3. The van der Waals surface area contributed by atoms with Crippen molar-refractivity contribution in [1.29, 1.82) is 0 Å². The molecule has 0 fully saturated rings. The lowest BCUT2D eigenvalue weighted by Gasteiger charge is -2.17. The number of hydrogen-bond acceptors (Lipinski definition) is 4. The van der Waals surface area contributed by atoms with Crippen LogP contribution >= 0.6 is 0 Å². The first-order valence-electron chi connectivity index (χ1n) is 8.43. The van der Waals surface area contributed by atoms with Crippen molar-refractivity contribution in [3.63, 3.8) is 0 Å². The first kappa shape index (κ1) is 20.5. The Morgan fingerprint density at radius 3 is 2.24 bits per heavy atom. The van der Waals surface area contributed by atoms with Crippen molar-refractivity contribution in [2.75, 3.05) is 23.9 Å². The fourth-order valence-electron chi connectivity index (χ4n) is 2.12. The van der Waals surface area contributed by atoms with Gasteiger partial charge >= 0.3 is 6.09 Å². The van der Waals surface area contributed by atoms with Crippen LogP contribution in [0.15, 0.2) is 24.3 Å². The van der Waals surface area contributed by atoms with E-state index in [1.54, 1.807) is 38.2 Å². The first-order valence-corrected chi connectivity index (χ1v) is 8.43. The fraction of sp³-hybridized carbons (Fsp3) is 0.500. The van der Waals surface area contributed by atoms with Crippen molar-refractivity contribution in [1.82, 2.24) is 5.32 Å².